The first-order valence-corrected chi connectivity index (χ1v) is 19.5. The minimum absolute atomic E-state index is 0.109. The Morgan fingerprint density at radius 2 is 1.75 bits per heavy atom. The van der Waals surface area contributed by atoms with Crippen LogP contribution in [0.5, 0.6) is 0 Å². The van der Waals surface area contributed by atoms with Crippen LogP contribution in [0.15, 0.2) is 42.5 Å². The number of rotatable bonds is 12. The molecule has 0 saturated heterocycles. The highest BCUT2D eigenvalue weighted by atomic mass is 35.5. The van der Waals surface area contributed by atoms with Crippen LogP contribution in [0.4, 0.5) is 32.2 Å². The molecular weight excluding hydrogens is 796 g/mol. The number of amides is 1. The number of hydrogen-bond donors (Lipinski definition) is 3. The quantitative estimate of drug-likeness (QED) is 0.0495. The van der Waals surface area contributed by atoms with Gasteiger partial charge in [-0.3, -0.25) is 14.2 Å². The highest BCUT2D eigenvalue weighted by molar-refractivity contribution is 7.93. The minimum Gasteiger partial charge on any atom is -0.395 e. The van der Waals surface area contributed by atoms with E-state index in [4.69, 9.17) is 20.9 Å². The van der Waals surface area contributed by atoms with Crippen LogP contribution >= 0.6 is 23.6 Å². The number of nitrogens with zero attached hydrogens (tertiary/aromatic N) is 5. The summed E-state index contributed by atoms with van der Waals surface area (Å²) in [5, 5.41) is 21.6. The summed E-state index contributed by atoms with van der Waals surface area (Å²) in [7, 11) is 1.67. The van der Waals surface area contributed by atoms with Gasteiger partial charge in [0.1, 0.15) is 35.3 Å². The van der Waals surface area contributed by atoms with Crippen molar-refractivity contribution >= 4 is 46.3 Å². The second kappa shape index (κ2) is 17.0. The third-order valence-corrected chi connectivity index (χ3v) is 10.2. The standard InChI is InChI=1S/C37H32ClF6N7O3S.C2H6/c1-50-32-24(5-6-26(38)29(32)35(48-50)49-54-55-2)23-4-3-22(7-9-36(18-52)11-12-36)45-30(23)27(15-19-13-20(39)16-21(40)14-19)46-28(53)17-51-33-25(8-10-37(33,43)44)31(47-51)34(41)42;1-2/h3-6,13-14,16,27,34,52H,8,10-12,15,17-18H2,1-2H3,(H,46,53)(H,48,49);1-2H3/t27-;/m0./s1. The van der Waals surface area contributed by atoms with Gasteiger partial charge in [0.15, 0.2) is 5.82 Å². The Labute approximate surface area is 333 Å². The summed E-state index contributed by atoms with van der Waals surface area (Å²) in [6.45, 7) is 2.97. The fourth-order valence-corrected chi connectivity index (χ4v) is 7.28. The Bertz CT molecular complexity index is 2350. The molecule has 1 atom stereocenters. The summed E-state index contributed by atoms with van der Waals surface area (Å²) >= 11 is 7.70. The zero-order chi connectivity index (χ0) is 41.2. The highest BCUT2D eigenvalue weighted by Gasteiger charge is 2.46. The van der Waals surface area contributed by atoms with E-state index in [0.29, 0.717) is 56.5 Å². The Morgan fingerprint density at radius 1 is 1.05 bits per heavy atom. The van der Waals surface area contributed by atoms with Crippen molar-refractivity contribution in [3.05, 3.63) is 93.0 Å². The molecule has 57 heavy (non-hydrogen) atoms. The minimum atomic E-state index is -3.50. The van der Waals surface area contributed by atoms with Gasteiger partial charge in [-0.1, -0.05) is 37.4 Å². The number of aliphatic hydroxyl groups excluding tert-OH is 1. The van der Waals surface area contributed by atoms with Crippen molar-refractivity contribution in [1.82, 2.24) is 29.9 Å². The lowest BCUT2D eigenvalue weighted by molar-refractivity contribution is -0.122. The number of halogens is 7. The van der Waals surface area contributed by atoms with E-state index < -0.39 is 65.7 Å². The van der Waals surface area contributed by atoms with E-state index in [1.54, 1.807) is 42.3 Å². The van der Waals surface area contributed by atoms with Crippen LogP contribution < -0.4 is 10.8 Å². The average molecular weight is 834 g/mol. The van der Waals surface area contributed by atoms with Crippen molar-refractivity contribution in [2.75, 3.05) is 18.3 Å². The van der Waals surface area contributed by atoms with Gasteiger partial charge in [-0.2, -0.15) is 19.0 Å². The topological polar surface area (TPSA) is 119 Å². The zero-order valence-electron chi connectivity index (χ0n) is 31.2. The lowest BCUT2D eigenvalue weighted by Crippen LogP contribution is -2.35. The molecule has 0 bridgehead atoms. The van der Waals surface area contributed by atoms with Gasteiger partial charge in [-0.15, -0.1) is 0 Å². The number of pyridine rings is 1. The summed E-state index contributed by atoms with van der Waals surface area (Å²) in [4.78, 5) is 18.7. The third-order valence-electron chi connectivity index (χ3n) is 9.63. The lowest BCUT2D eigenvalue weighted by atomic mass is 9.93. The van der Waals surface area contributed by atoms with Crippen LogP contribution in [0.2, 0.25) is 5.02 Å². The number of carbonyl (C=O) groups excluding carboxylic acids is 1. The second-order valence-corrected chi connectivity index (χ2v) is 14.3. The van der Waals surface area contributed by atoms with Crippen LogP contribution in [0.3, 0.4) is 0 Å². The fourth-order valence-electron chi connectivity index (χ4n) is 6.88. The van der Waals surface area contributed by atoms with Crippen LogP contribution in [-0.2, 0) is 41.4 Å². The van der Waals surface area contributed by atoms with Gasteiger partial charge >= 0.3 is 0 Å². The summed E-state index contributed by atoms with van der Waals surface area (Å²) in [5.74, 6) is 0.160. The van der Waals surface area contributed by atoms with Crippen molar-refractivity contribution in [2.24, 2.45) is 12.5 Å². The first-order chi connectivity index (χ1) is 27.2. The average Bonchev–Trinajstić information content (AvgIpc) is 3.59. The van der Waals surface area contributed by atoms with E-state index >= 15 is 0 Å². The van der Waals surface area contributed by atoms with E-state index in [-0.39, 0.29) is 42.0 Å². The van der Waals surface area contributed by atoms with Gasteiger partial charge in [-0.05, 0) is 67.5 Å². The first kappa shape index (κ1) is 41.9. The SMILES string of the molecule is CC.CSONc1nn(C)c2c(-c3ccc(C#CC4(CO)CC4)nc3[C@H](Cc3cc(F)cc(F)c3)NC(=O)Cn3nc(C(F)F)c4c3C(F)(F)CC4)ccc(Cl)c12. The molecule has 2 aliphatic carbocycles. The zero-order valence-corrected chi connectivity index (χ0v) is 32.8. The molecule has 0 unspecified atom stereocenters. The molecule has 10 nitrogen and oxygen atoms in total. The third kappa shape index (κ3) is 8.74. The molecular formula is C39H38ClF6N7O3S. The molecule has 3 heterocycles. The Morgan fingerprint density at radius 3 is 2.40 bits per heavy atom. The normalized spacial score (nSPS) is 15.4. The lowest BCUT2D eigenvalue weighted by Gasteiger charge is -2.23. The number of nitrogens with one attached hydrogen (secondary N) is 2. The van der Waals surface area contributed by atoms with Crippen LogP contribution in [0.1, 0.15) is 79.5 Å². The maximum absolute atomic E-state index is 15.0. The van der Waals surface area contributed by atoms with Crippen LogP contribution in [-0.4, -0.2) is 48.4 Å². The molecule has 2 aliphatic rings. The van der Waals surface area contributed by atoms with Gasteiger partial charge in [-0.25, -0.2) is 32.3 Å². The highest BCUT2D eigenvalue weighted by Crippen LogP contribution is 2.46. The molecule has 2 aromatic carbocycles. The van der Waals surface area contributed by atoms with E-state index in [9.17, 15) is 36.2 Å². The largest absolute Gasteiger partial charge is 0.395 e. The smallest absolute Gasteiger partial charge is 0.290 e. The Balaban J connectivity index is 0.00000270. The molecule has 3 aromatic heterocycles. The summed E-state index contributed by atoms with van der Waals surface area (Å²) in [5.41, 5.74) is 2.22. The van der Waals surface area contributed by atoms with Crippen molar-refractivity contribution in [3.63, 3.8) is 0 Å². The number of hydrogen-bond acceptors (Lipinski definition) is 8. The van der Waals surface area contributed by atoms with Crippen LogP contribution in [0.25, 0.3) is 22.0 Å². The van der Waals surface area contributed by atoms with Gasteiger partial charge < -0.3 is 10.4 Å². The number of fused-ring (bicyclic) bond motifs is 2. The van der Waals surface area contributed by atoms with Crippen molar-refractivity contribution in [3.8, 4) is 23.0 Å². The predicted octanol–water partition coefficient (Wildman–Crippen LogP) is 8.61. The molecule has 0 radical (unpaired) electrons. The molecule has 5 aromatic rings. The Kier molecular flexibility index (Phi) is 12.5. The van der Waals surface area contributed by atoms with Crippen LogP contribution in [0, 0.1) is 28.9 Å². The van der Waals surface area contributed by atoms with Gasteiger partial charge in [0, 0.05) is 54.5 Å². The van der Waals surface area contributed by atoms with Crippen molar-refractivity contribution < 1.29 is 40.5 Å². The van der Waals surface area contributed by atoms with Gasteiger partial charge in [0.2, 0.25) is 5.91 Å². The predicted molar refractivity (Wildman–Crippen MR) is 205 cm³/mol. The van der Waals surface area contributed by atoms with E-state index in [0.717, 1.165) is 24.2 Å². The maximum atomic E-state index is 15.0. The number of aryl methyl sites for hydroxylation is 1. The summed E-state index contributed by atoms with van der Waals surface area (Å²) in [6, 6.07) is 8.26. The van der Waals surface area contributed by atoms with Crippen molar-refractivity contribution in [2.45, 2.75) is 70.9 Å². The number of aliphatic hydroxyl groups is 1. The second-order valence-electron chi connectivity index (χ2n) is 13.4. The molecule has 0 aliphatic heterocycles. The molecule has 3 N–H and O–H groups in total. The monoisotopic (exact) mass is 833 g/mol. The number of alkyl halides is 4. The number of carbonyl (C=O) groups is 1. The molecule has 7 rings (SSSR count). The van der Waals surface area contributed by atoms with E-state index in [2.05, 4.69) is 32.8 Å². The van der Waals surface area contributed by atoms with E-state index in [1.807, 2.05) is 13.8 Å². The van der Waals surface area contributed by atoms with Gasteiger partial charge in [0.05, 0.1) is 39.7 Å². The Hall–Kier alpha value is -4.76. The molecule has 302 valence electrons. The summed E-state index contributed by atoms with van der Waals surface area (Å²) < 4.78 is 94.2. The summed E-state index contributed by atoms with van der Waals surface area (Å²) in [6.07, 6.45) is -1.38. The molecule has 1 saturated carbocycles. The molecule has 1 amide bonds. The molecule has 1 fully saturated rings. The maximum Gasteiger partial charge on any atom is 0.290 e. The molecule has 18 heteroatoms. The number of anilines is 1. The number of benzene rings is 2. The van der Waals surface area contributed by atoms with Gasteiger partial charge in [0.25, 0.3) is 12.3 Å². The number of aromatic nitrogens is 5. The van der Waals surface area contributed by atoms with E-state index in [1.165, 1.54) is 0 Å². The first-order valence-electron chi connectivity index (χ1n) is 18.0. The fraction of sp³-hybridized carbons (Fsp3) is 0.385. The van der Waals surface area contributed by atoms with Crippen molar-refractivity contribution in [1.29, 1.82) is 0 Å². The molecule has 0 spiro atoms.